The Kier molecular flexibility index (Phi) is 4.26. The van der Waals surface area contributed by atoms with Crippen LogP contribution in [0.15, 0.2) is 0 Å². The number of rotatable bonds is 5. The summed E-state index contributed by atoms with van der Waals surface area (Å²) in [5.74, 6) is 3.03. The van der Waals surface area contributed by atoms with Crippen molar-refractivity contribution in [2.24, 2.45) is 0 Å². The van der Waals surface area contributed by atoms with Gasteiger partial charge in [0.15, 0.2) is 5.65 Å². The maximum atomic E-state index is 5.95. The molecule has 1 saturated heterocycles. The molecule has 0 spiro atoms. The Morgan fingerprint density at radius 1 is 1.45 bits per heavy atom. The summed E-state index contributed by atoms with van der Waals surface area (Å²) in [6, 6.07) is 0. The standard InChI is InChI=1S/C14H21ClN4S/c1-3-19-14-13(10(2)17-19)16-12(6-7-15)18(14)9-11-5-4-8-20-11/h11H,3-9H2,1-2H3. The van der Waals surface area contributed by atoms with Crippen molar-refractivity contribution in [2.45, 2.75) is 51.4 Å². The van der Waals surface area contributed by atoms with Gasteiger partial charge in [0.1, 0.15) is 11.3 Å². The molecule has 0 bridgehead atoms. The smallest absolute Gasteiger partial charge is 0.158 e. The molecule has 0 amide bonds. The fourth-order valence-corrected chi connectivity index (χ4v) is 4.37. The van der Waals surface area contributed by atoms with Crippen molar-refractivity contribution in [3.63, 3.8) is 0 Å². The van der Waals surface area contributed by atoms with Crippen LogP contribution in [0.5, 0.6) is 0 Å². The number of fused-ring (bicyclic) bond motifs is 1. The van der Waals surface area contributed by atoms with E-state index in [1.54, 1.807) is 0 Å². The SMILES string of the molecule is CCn1nc(C)c2nc(CCCl)n(CC3CCCS3)c21. The first-order chi connectivity index (χ1) is 9.74. The van der Waals surface area contributed by atoms with Crippen LogP contribution in [0.25, 0.3) is 11.2 Å². The minimum Gasteiger partial charge on any atom is -0.312 e. The molecule has 0 N–H and O–H groups in total. The second-order valence-electron chi connectivity index (χ2n) is 5.29. The van der Waals surface area contributed by atoms with Crippen LogP contribution >= 0.6 is 23.4 Å². The van der Waals surface area contributed by atoms with E-state index >= 15 is 0 Å². The molecule has 3 heterocycles. The summed E-state index contributed by atoms with van der Waals surface area (Å²) in [4.78, 5) is 4.80. The Morgan fingerprint density at radius 3 is 2.95 bits per heavy atom. The molecule has 2 aromatic rings. The predicted molar refractivity (Wildman–Crippen MR) is 85.8 cm³/mol. The first-order valence-electron chi connectivity index (χ1n) is 7.34. The Balaban J connectivity index is 2.06. The van der Waals surface area contributed by atoms with Gasteiger partial charge in [-0.3, -0.25) is 0 Å². The maximum absolute atomic E-state index is 5.95. The van der Waals surface area contributed by atoms with Crippen LogP contribution in [0.1, 0.15) is 31.3 Å². The third-order valence-corrected chi connectivity index (χ3v) is 5.48. The monoisotopic (exact) mass is 312 g/mol. The van der Waals surface area contributed by atoms with Gasteiger partial charge >= 0.3 is 0 Å². The lowest BCUT2D eigenvalue weighted by Crippen LogP contribution is -2.15. The fourth-order valence-electron chi connectivity index (χ4n) is 2.95. The molecule has 1 fully saturated rings. The van der Waals surface area contributed by atoms with E-state index in [1.807, 2.05) is 6.92 Å². The largest absolute Gasteiger partial charge is 0.312 e. The molecule has 0 aromatic carbocycles. The van der Waals surface area contributed by atoms with Crippen molar-refractivity contribution < 1.29 is 0 Å². The van der Waals surface area contributed by atoms with Gasteiger partial charge in [0, 0.05) is 30.6 Å². The highest BCUT2D eigenvalue weighted by atomic mass is 35.5. The molecule has 20 heavy (non-hydrogen) atoms. The van der Waals surface area contributed by atoms with E-state index in [9.17, 15) is 0 Å². The number of imidazole rings is 1. The first-order valence-corrected chi connectivity index (χ1v) is 8.93. The minimum absolute atomic E-state index is 0.621. The van der Waals surface area contributed by atoms with Gasteiger partial charge in [0.05, 0.1) is 5.69 Å². The number of thioether (sulfide) groups is 1. The summed E-state index contributed by atoms with van der Waals surface area (Å²) < 4.78 is 4.44. The molecule has 1 unspecified atom stereocenters. The average molecular weight is 313 g/mol. The van der Waals surface area contributed by atoms with Gasteiger partial charge < -0.3 is 4.57 Å². The Morgan fingerprint density at radius 2 is 2.30 bits per heavy atom. The number of halogens is 1. The number of hydrogen-bond acceptors (Lipinski definition) is 3. The maximum Gasteiger partial charge on any atom is 0.158 e. The molecule has 110 valence electrons. The lowest BCUT2D eigenvalue weighted by atomic mass is 10.2. The van der Waals surface area contributed by atoms with Crippen LogP contribution in [0, 0.1) is 6.92 Å². The van der Waals surface area contributed by atoms with Crippen molar-refractivity contribution in [1.29, 1.82) is 0 Å². The number of hydrogen-bond donors (Lipinski definition) is 0. The summed E-state index contributed by atoms with van der Waals surface area (Å²) in [6.07, 6.45) is 3.48. The van der Waals surface area contributed by atoms with Gasteiger partial charge in [-0.1, -0.05) is 0 Å². The van der Waals surface area contributed by atoms with Crippen LogP contribution in [0.3, 0.4) is 0 Å². The zero-order valence-corrected chi connectivity index (χ0v) is 13.7. The summed E-state index contributed by atoms with van der Waals surface area (Å²) >= 11 is 8.04. The van der Waals surface area contributed by atoms with E-state index in [4.69, 9.17) is 16.6 Å². The second kappa shape index (κ2) is 5.98. The summed E-state index contributed by atoms with van der Waals surface area (Å²) in [7, 11) is 0. The van der Waals surface area contributed by atoms with Crippen molar-refractivity contribution in [1.82, 2.24) is 19.3 Å². The third kappa shape index (κ3) is 2.46. The number of alkyl halides is 1. The molecule has 1 atom stereocenters. The lowest BCUT2D eigenvalue weighted by Gasteiger charge is -2.14. The van der Waals surface area contributed by atoms with E-state index < -0.39 is 0 Å². The van der Waals surface area contributed by atoms with Crippen LogP contribution in [-0.2, 0) is 19.5 Å². The molecule has 1 aliphatic heterocycles. The van der Waals surface area contributed by atoms with Crippen molar-refractivity contribution >= 4 is 34.5 Å². The van der Waals surface area contributed by atoms with E-state index in [-0.39, 0.29) is 0 Å². The van der Waals surface area contributed by atoms with Crippen molar-refractivity contribution in [2.75, 3.05) is 11.6 Å². The Bertz CT molecular complexity index is 598. The molecule has 0 aliphatic carbocycles. The van der Waals surface area contributed by atoms with E-state index in [2.05, 4.69) is 33.0 Å². The molecule has 2 aromatic heterocycles. The average Bonchev–Trinajstić information content (AvgIpc) is 3.12. The molecular formula is C14H21ClN4S. The molecule has 0 radical (unpaired) electrons. The van der Waals surface area contributed by atoms with Crippen molar-refractivity contribution in [3.05, 3.63) is 11.5 Å². The minimum atomic E-state index is 0.621. The molecule has 4 nitrogen and oxygen atoms in total. The Hall–Kier alpha value is -0.680. The van der Waals surface area contributed by atoms with Gasteiger partial charge in [-0.15, -0.1) is 11.6 Å². The highest BCUT2D eigenvalue weighted by Gasteiger charge is 2.22. The van der Waals surface area contributed by atoms with E-state index in [0.29, 0.717) is 11.1 Å². The number of nitrogens with zero attached hydrogens (tertiary/aromatic N) is 4. The van der Waals surface area contributed by atoms with Gasteiger partial charge in [-0.2, -0.15) is 16.9 Å². The third-order valence-electron chi connectivity index (χ3n) is 3.91. The van der Waals surface area contributed by atoms with Gasteiger partial charge in [0.2, 0.25) is 0 Å². The van der Waals surface area contributed by atoms with Crippen LogP contribution in [0.2, 0.25) is 0 Å². The molecule has 0 saturated carbocycles. The van der Waals surface area contributed by atoms with Crippen molar-refractivity contribution in [3.8, 4) is 0 Å². The first kappa shape index (κ1) is 14.3. The predicted octanol–water partition coefficient (Wildman–Crippen LogP) is 3.24. The quantitative estimate of drug-likeness (QED) is 0.795. The van der Waals surface area contributed by atoms with E-state index in [1.165, 1.54) is 24.2 Å². The summed E-state index contributed by atoms with van der Waals surface area (Å²) in [6.45, 7) is 6.10. The fraction of sp³-hybridized carbons (Fsp3) is 0.714. The zero-order valence-electron chi connectivity index (χ0n) is 12.1. The highest BCUT2D eigenvalue weighted by molar-refractivity contribution is 8.00. The molecule has 3 rings (SSSR count). The van der Waals surface area contributed by atoms with Gasteiger partial charge in [0.25, 0.3) is 0 Å². The topological polar surface area (TPSA) is 35.6 Å². The number of aryl methyl sites for hydroxylation is 3. The van der Waals surface area contributed by atoms with Crippen LogP contribution in [0.4, 0.5) is 0 Å². The lowest BCUT2D eigenvalue weighted by molar-refractivity contribution is 0.589. The molecule has 6 heteroatoms. The van der Waals surface area contributed by atoms with Gasteiger partial charge in [-0.25, -0.2) is 9.67 Å². The summed E-state index contributed by atoms with van der Waals surface area (Å²) in [5.41, 5.74) is 3.25. The van der Waals surface area contributed by atoms with Crippen LogP contribution in [-0.4, -0.2) is 36.2 Å². The second-order valence-corrected chi connectivity index (χ2v) is 7.07. The Labute approximate surface area is 128 Å². The summed E-state index contributed by atoms with van der Waals surface area (Å²) in [5, 5.41) is 5.31. The number of aromatic nitrogens is 4. The molecule has 1 aliphatic rings. The molecular weight excluding hydrogens is 292 g/mol. The van der Waals surface area contributed by atoms with Crippen LogP contribution < -0.4 is 0 Å². The van der Waals surface area contributed by atoms with Gasteiger partial charge in [-0.05, 0) is 32.4 Å². The normalized spacial score (nSPS) is 19.2. The zero-order chi connectivity index (χ0) is 14.1. The highest BCUT2D eigenvalue weighted by Crippen LogP contribution is 2.30. The van der Waals surface area contributed by atoms with E-state index in [0.717, 1.165) is 36.5 Å².